The lowest BCUT2D eigenvalue weighted by atomic mass is 9.97. The van der Waals surface area contributed by atoms with E-state index in [1.165, 1.54) is 12.1 Å². The lowest BCUT2D eigenvalue weighted by Gasteiger charge is -2.16. The number of hydrogen-bond donors (Lipinski definition) is 1. The van der Waals surface area contributed by atoms with E-state index < -0.39 is 5.41 Å². The summed E-state index contributed by atoms with van der Waals surface area (Å²) in [5, 5.41) is 9.42. The van der Waals surface area contributed by atoms with Crippen LogP contribution in [0.1, 0.15) is 36.7 Å². The molecule has 114 valence electrons. The summed E-state index contributed by atoms with van der Waals surface area (Å²) in [7, 11) is 0. The van der Waals surface area contributed by atoms with Crippen molar-refractivity contribution in [2.75, 3.05) is 0 Å². The summed E-state index contributed by atoms with van der Waals surface area (Å²) in [5.41, 5.74) is 0.274. The van der Waals surface area contributed by atoms with E-state index in [4.69, 9.17) is 4.74 Å². The summed E-state index contributed by atoms with van der Waals surface area (Å²) in [6.45, 7) is 5.32. The molecule has 0 radical (unpaired) electrons. The first-order valence-electron chi connectivity index (χ1n) is 6.93. The molecule has 0 amide bonds. The molecule has 0 saturated heterocycles. The summed E-state index contributed by atoms with van der Waals surface area (Å²) in [5.74, 6) is -0.0990. The first-order chi connectivity index (χ1) is 10.3. The van der Waals surface area contributed by atoms with Gasteiger partial charge in [-0.25, -0.2) is 0 Å². The van der Waals surface area contributed by atoms with E-state index in [2.05, 4.69) is 0 Å². The Kier molecular flexibility index (Phi) is 4.31. The maximum Gasteiger partial charge on any atom is 0.316 e. The van der Waals surface area contributed by atoms with Crippen LogP contribution in [-0.4, -0.2) is 16.9 Å². The van der Waals surface area contributed by atoms with Crippen molar-refractivity contribution < 1.29 is 19.4 Å². The Morgan fingerprint density at radius 2 is 1.59 bits per heavy atom. The van der Waals surface area contributed by atoms with E-state index in [1.54, 1.807) is 57.2 Å². The minimum atomic E-state index is -0.587. The Bertz CT molecular complexity index is 694. The monoisotopic (exact) mass is 298 g/mol. The third-order valence-electron chi connectivity index (χ3n) is 3.05. The van der Waals surface area contributed by atoms with Crippen LogP contribution in [0.2, 0.25) is 0 Å². The van der Waals surface area contributed by atoms with Crippen LogP contribution in [0.3, 0.4) is 0 Å². The highest BCUT2D eigenvalue weighted by Gasteiger charge is 2.23. The summed E-state index contributed by atoms with van der Waals surface area (Å²) in [4.78, 5) is 24.1. The number of aromatic hydroxyl groups is 1. The summed E-state index contributed by atoms with van der Waals surface area (Å²) in [6.07, 6.45) is 0. The normalized spacial score (nSPS) is 11.0. The molecule has 2 aromatic rings. The molecule has 0 aliphatic heterocycles. The summed E-state index contributed by atoms with van der Waals surface area (Å²) < 4.78 is 5.25. The van der Waals surface area contributed by atoms with Gasteiger partial charge in [-0.2, -0.15) is 0 Å². The van der Waals surface area contributed by atoms with Crippen molar-refractivity contribution in [3.63, 3.8) is 0 Å². The molecule has 0 unspecified atom stereocenters. The maximum absolute atomic E-state index is 12.3. The van der Waals surface area contributed by atoms with Gasteiger partial charge in [0.15, 0.2) is 5.78 Å². The number of esters is 1. The zero-order valence-electron chi connectivity index (χ0n) is 12.8. The van der Waals surface area contributed by atoms with Gasteiger partial charge < -0.3 is 9.84 Å². The molecule has 0 heterocycles. The third-order valence-corrected chi connectivity index (χ3v) is 3.05. The lowest BCUT2D eigenvalue weighted by molar-refractivity contribution is -0.142. The largest absolute Gasteiger partial charge is 0.508 e. The van der Waals surface area contributed by atoms with Gasteiger partial charge in [0.25, 0.3) is 0 Å². The number of phenolic OH excluding ortho intramolecular Hbond substituents is 1. The fraction of sp³-hybridized carbons (Fsp3) is 0.222. The minimum Gasteiger partial charge on any atom is -0.508 e. The van der Waals surface area contributed by atoms with E-state index >= 15 is 0 Å². The van der Waals surface area contributed by atoms with Gasteiger partial charge in [0.1, 0.15) is 11.5 Å². The Hall–Kier alpha value is -2.62. The molecule has 4 heteroatoms. The highest BCUT2D eigenvalue weighted by Crippen LogP contribution is 2.21. The molecule has 0 saturated carbocycles. The number of benzene rings is 2. The number of phenols is 1. The second-order valence-electron chi connectivity index (χ2n) is 6.04. The standard InChI is InChI=1S/C18H18O4/c1-18(2,3)17(21)22-15-9-7-12(8-10-15)16(20)13-5-4-6-14(19)11-13/h4-11,19H,1-3H3. The fourth-order valence-electron chi connectivity index (χ4n) is 1.75. The number of hydrogen-bond acceptors (Lipinski definition) is 4. The molecule has 1 N–H and O–H groups in total. The second-order valence-corrected chi connectivity index (χ2v) is 6.04. The number of ketones is 1. The van der Waals surface area contributed by atoms with Gasteiger partial charge >= 0.3 is 5.97 Å². The number of rotatable bonds is 3. The van der Waals surface area contributed by atoms with Crippen molar-refractivity contribution in [2.24, 2.45) is 5.41 Å². The Balaban J connectivity index is 2.15. The van der Waals surface area contributed by atoms with Crippen LogP contribution in [0, 0.1) is 5.41 Å². The predicted octanol–water partition coefficient (Wildman–Crippen LogP) is 3.57. The maximum atomic E-state index is 12.3. The van der Waals surface area contributed by atoms with Crippen molar-refractivity contribution >= 4 is 11.8 Å². The zero-order chi connectivity index (χ0) is 16.3. The van der Waals surface area contributed by atoms with Gasteiger partial charge in [0.05, 0.1) is 5.41 Å². The Morgan fingerprint density at radius 3 is 2.14 bits per heavy atom. The third kappa shape index (κ3) is 3.73. The fourth-order valence-corrected chi connectivity index (χ4v) is 1.75. The number of ether oxygens (including phenoxy) is 1. The van der Waals surface area contributed by atoms with Crippen molar-refractivity contribution in [1.29, 1.82) is 0 Å². The SMILES string of the molecule is CC(C)(C)C(=O)Oc1ccc(C(=O)c2cccc(O)c2)cc1. The highest BCUT2D eigenvalue weighted by molar-refractivity contribution is 6.09. The molecule has 0 aromatic heterocycles. The van der Waals surface area contributed by atoms with Crippen molar-refractivity contribution in [3.8, 4) is 11.5 Å². The van der Waals surface area contributed by atoms with Gasteiger partial charge in [0, 0.05) is 11.1 Å². The van der Waals surface area contributed by atoms with Crippen LogP contribution in [0.5, 0.6) is 11.5 Å². The van der Waals surface area contributed by atoms with Gasteiger partial charge in [-0.15, -0.1) is 0 Å². The molecular weight excluding hydrogens is 280 g/mol. The van der Waals surface area contributed by atoms with Crippen LogP contribution in [-0.2, 0) is 4.79 Å². The molecule has 0 fully saturated rings. The van der Waals surface area contributed by atoms with Crippen LogP contribution >= 0.6 is 0 Å². The molecule has 22 heavy (non-hydrogen) atoms. The summed E-state index contributed by atoms with van der Waals surface area (Å²) >= 11 is 0. The van der Waals surface area contributed by atoms with Gasteiger partial charge in [0.2, 0.25) is 0 Å². The molecule has 2 rings (SSSR count). The second kappa shape index (κ2) is 6.02. The lowest BCUT2D eigenvalue weighted by Crippen LogP contribution is -2.25. The molecule has 0 spiro atoms. The number of carbonyl (C=O) groups excluding carboxylic acids is 2. The van der Waals surface area contributed by atoms with Crippen molar-refractivity contribution in [3.05, 3.63) is 59.7 Å². The Labute approximate surface area is 129 Å². The molecule has 4 nitrogen and oxygen atoms in total. The topological polar surface area (TPSA) is 63.6 Å². The van der Waals surface area contributed by atoms with E-state index in [1.807, 2.05) is 0 Å². The molecular formula is C18H18O4. The predicted molar refractivity (Wildman–Crippen MR) is 83.1 cm³/mol. The smallest absolute Gasteiger partial charge is 0.316 e. The van der Waals surface area contributed by atoms with E-state index in [9.17, 15) is 14.7 Å². The average molecular weight is 298 g/mol. The zero-order valence-corrected chi connectivity index (χ0v) is 12.8. The van der Waals surface area contributed by atoms with Crippen LogP contribution in [0.25, 0.3) is 0 Å². The average Bonchev–Trinajstić information content (AvgIpc) is 2.46. The highest BCUT2D eigenvalue weighted by atomic mass is 16.5. The van der Waals surface area contributed by atoms with Gasteiger partial charge in [-0.05, 0) is 57.2 Å². The van der Waals surface area contributed by atoms with Crippen LogP contribution in [0.4, 0.5) is 0 Å². The Morgan fingerprint density at radius 1 is 0.955 bits per heavy atom. The molecule has 0 bridgehead atoms. The van der Waals surface area contributed by atoms with Crippen molar-refractivity contribution in [2.45, 2.75) is 20.8 Å². The quantitative estimate of drug-likeness (QED) is 0.534. The van der Waals surface area contributed by atoms with Crippen LogP contribution in [0.15, 0.2) is 48.5 Å². The minimum absolute atomic E-state index is 0.0431. The molecule has 0 atom stereocenters. The van der Waals surface area contributed by atoms with Gasteiger partial charge in [-0.3, -0.25) is 9.59 Å². The van der Waals surface area contributed by atoms with Gasteiger partial charge in [-0.1, -0.05) is 12.1 Å². The molecule has 2 aromatic carbocycles. The number of carbonyl (C=O) groups is 2. The van der Waals surface area contributed by atoms with E-state index in [0.29, 0.717) is 16.9 Å². The first kappa shape index (κ1) is 15.8. The van der Waals surface area contributed by atoms with Crippen LogP contribution < -0.4 is 4.74 Å². The van der Waals surface area contributed by atoms with Crippen molar-refractivity contribution in [1.82, 2.24) is 0 Å². The van der Waals surface area contributed by atoms with E-state index in [-0.39, 0.29) is 17.5 Å². The van der Waals surface area contributed by atoms with E-state index in [0.717, 1.165) is 0 Å². The summed E-state index contributed by atoms with van der Waals surface area (Å²) in [6, 6.07) is 12.5. The molecule has 0 aliphatic rings. The first-order valence-corrected chi connectivity index (χ1v) is 6.93. The molecule has 0 aliphatic carbocycles.